The molecule has 1 aromatic carbocycles. The van der Waals surface area contributed by atoms with Crippen LogP contribution in [0, 0.1) is 0 Å². The van der Waals surface area contributed by atoms with E-state index in [-0.39, 0.29) is 17.1 Å². The second-order valence-corrected chi connectivity index (χ2v) is 8.88. The molecule has 3 rings (SSSR count). The Morgan fingerprint density at radius 2 is 1.83 bits per heavy atom. The normalized spacial score (nSPS) is 16.0. The quantitative estimate of drug-likeness (QED) is 0.655. The van der Waals surface area contributed by atoms with Crippen LogP contribution >= 0.6 is 0 Å². The standard InChI is InChI=1S/C19H22F3N3O3S/c1-29(26,27)18-23-16(14-6-5-7-15(12-14)19(20,21)22)13-17(24-18)28-11-10-25-8-3-2-4-9-25/h5-7,12-13H,2-4,8-11H2,1H3. The number of sulfone groups is 1. The molecule has 6 nitrogen and oxygen atoms in total. The van der Waals surface area contributed by atoms with Crippen molar-refractivity contribution < 1.29 is 26.3 Å². The van der Waals surface area contributed by atoms with Gasteiger partial charge in [-0.25, -0.2) is 13.4 Å². The molecule has 0 atom stereocenters. The smallest absolute Gasteiger partial charge is 0.416 e. The first-order valence-electron chi connectivity index (χ1n) is 9.25. The fourth-order valence-corrected chi connectivity index (χ4v) is 3.63. The van der Waals surface area contributed by atoms with Crippen molar-refractivity contribution in [1.29, 1.82) is 0 Å². The molecule has 1 aliphatic heterocycles. The predicted molar refractivity (Wildman–Crippen MR) is 101 cm³/mol. The average molecular weight is 429 g/mol. The molecule has 1 saturated heterocycles. The Morgan fingerprint density at radius 3 is 2.48 bits per heavy atom. The Balaban J connectivity index is 1.86. The average Bonchev–Trinajstić information content (AvgIpc) is 2.67. The molecule has 0 spiro atoms. The lowest BCUT2D eigenvalue weighted by atomic mass is 10.1. The lowest BCUT2D eigenvalue weighted by Gasteiger charge is -2.26. The maximum atomic E-state index is 13.0. The first-order chi connectivity index (χ1) is 13.6. The van der Waals surface area contributed by atoms with Crippen molar-refractivity contribution in [3.8, 4) is 17.1 Å². The van der Waals surface area contributed by atoms with Gasteiger partial charge in [0.25, 0.3) is 5.16 Å². The summed E-state index contributed by atoms with van der Waals surface area (Å²) < 4.78 is 68.6. The molecule has 2 aromatic rings. The van der Waals surface area contributed by atoms with Crippen molar-refractivity contribution in [1.82, 2.24) is 14.9 Å². The number of hydrogen-bond acceptors (Lipinski definition) is 6. The minimum atomic E-state index is -4.52. The summed E-state index contributed by atoms with van der Waals surface area (Å²) in [6.45, 7) is 2.92. The number of likely N-dealkylation sites (tertiary alicyclic amines) is 1. The number of rotatable bonds is 6. The highest BCUT2D eigenvalue weighted by Gasteiger charge is 2.30. The highest BCUT2D eigenvalue weighted by atomic mass is 32.2. The van der Waals surface area contributed by atoms with Crippen molar-refractivity contribution in [2.24, 2.45) is 0 Å². The van der Waals surface area contributed by atoms with E-state index in [1.54, 1.807) is 0 Å². The number of piperidine rings is 1. The van der Waals surface area contributed by atoms with Crippen LogP contribution in [-0.4, -0.2) is 55.8 Å². The minimum Gasteiger partial charge on any atom is -0.476 e. The molecule has 2 heterocycles. The molecule has 1 aliphatic rings. The SMILES string of the molecule is CS(=O)(=O)c1nc(OCCN2CCCCC2)cc(-c2cccc(C(F)(F)F)c2)n1. The van der Waals surface area contributed by atoms with Crippen LogP contribution in [0.4, 0.5) is 13.2 Å². The van der Waals surface area contributed by atoms with Crippen LogP contribution in [0.15, 0.2) is 35.5 Å². The van der Waals surface area contributed by atoms with E-state index in [2.05, 4.69) is 14.9 Å². The Hall–Kier alpha value is -2.20. The number of aromatic nitrogens is 2. The Bertz CT molecular complexity index is 959. The molecule has 29 heavy (non-hydrogen) atoms. The van der Waals surface area contributed by atoms with Crippen molar-refractivity contribution in [3.63, 3.8) is 0 Å². The van der Waals surface area contributed by atoms with E-state index in [9.17, 15) is 21.6 Å². The fraction of sp³-hybridized carbons (Fsp3) is 0.474. The van der Waals surface area contributed by atoms with E-state index in [4.69, 9.17) is 4.74 Å². The topological polar surface area (TPSA) is 72.4 Å². The summed E-state index contributed by atoms with van der Waals surface area (Å²) >= 11 is 0. The molecule has 0 bridgehead atoms. The summed E-state index contributed by atoms with van der Waals surface area (Å²) in [5, 5.41) is -0.486. The van der Waals surface area contributed by atoms with Gasteiger partial charge in [-0.1, -0.05) is 18.6 Å². The molecule has 0 amide bonds. The third kappa shape index (κ3) is 5.89. The minimum absolute atomic E-state index is 0.0184. The van der Waals surface area contributed by atoms with Gasteiger partial charge in [0.2, 0.25) is 15.7 Å². The molecule has 1 fully saturated rings. The second kappa shape index (κ2) is 8.66. The predicted octanol–water partition coefficient (Wildman–Crippen LogP) is 3.43. The molecule has 0 N–H and O–H groups in total. The highest BCUT2D eigenvalue weighted by Crippen LogP contribution is 2.32. The van der Waals surface area contributed by atoms with Crippen LogP contribution in [0.5, 0.6) is 5.88 Å². The number of alkyl halides is 3. The zero-order valence-corrected chi connectivity index (χ0v) is 16.8. The lowest BCUT2D eigenvalue weighted by molar-refractivity contribution is -0.137. The van der Waals surface area contributed by atoms with Gasteiger partial charge in [0.05, 0.1) is 11.3 Å². The summed E-state index contributed by atoms with van der Waals surface area (Å²) in [6, 6.07) is 5.91. The van der Waals surface area contributed by atoms with Crippen LogP contribution in [-0.2, 0) is 16.0 Å². The maximum Gasteiger partial charge on any atom is 0.416 e. The zero-order chi connectivity index (χ0) is 21.1. The maximum absolute atomic E-state index is 13.0. The van der Waals surface area contributed by atoms with Gasteiger partial charge in [0, 0.05) is 24.4 Å². The number of nitrogens with zero attached hydrogens (tertiary/aromatic N) is 3. The van der Waals surface area contributed by atoms with Crippen molar-refractivity contribution in [2.45, 2.75) is 30.6 Å². The van der Waals surface area contributed by atoms with Crippen molar-refractivity contribution in [2.75, 3.05) is 32.5 Å². The molecule has 0 radical (unpaired) electrons. The summed E-state index contributed by atoms with van der Waals surface area (Å²) in [5.41, 5.74) is -0.658. The van der Waals surface area contributed by atoms with Crippen molar-refractivity contribution >= 4 is 9.84 Å². The van der Waals surface area contributed by atoms with E-state index in [1.807, 2.05) is 0 Å². The summed E-state index contributed by atoms with van der Waals surface area (Å²) in [5.74, 6) is 0.0184. The van der Waals surface area contributed by atoms with Gasteiger partial charge in [-0.3, -0.25) is 4.90 Å². The number of benzene rings is 1. The van der Waals surface area contributed by atoms with Gasteiger partial charge in [0.1, 0.15) is 6.61 Å². The Labute approximate surface area is 167 Å². The summed E-state index contributed by atoms with van der Waals surface area (Å²) in [7, 11) is -3.77. The molecule has 0 saturated carbocycles. The molecular formula is C19H22F3N3O3S. The van der Waals surface area contributed by atoms with Crippen LogP contribution in [0.1, 0.15) is 24.8 Å². The van der Waals surface area contributed by atoms with Gasteiger partial charge in [-0.2, -0.15) is 18.2 Å². The Kier molecular flexibility index (Phi) is 6.42. The lowest BCUT2D eigenvalue weighted by Crippen LogP contribution is -2.33. The first kappa shape index (κ1) is 21.5. The number of halogens is 3. The molecule has 1 aromatic heterocycles. The van der Waals surface area contributed by atoms with Crippen LogP contribution in [0.3, 0.4) is 0 Å². The zero-order valence-electron chi connectivity index (χ0n) is 15.9. The third-order valence-electron chi connectivity index (χ3n) is 4.61. The van der Waals surface area contributed by atoms with Gasteiger partial charge in [0.15, 0.2) is 0 Å². The van der Waals surface area contributed by atoms with Gasteiger partial charge in [-0.15, -0.1) is 0 Å². The summed E-state index contributed by atoms with van der Waals surface area (Å²) in [4.78, 5) is 10.1. The van der Waals surface area contributed by atoms with E-state index >= 15 is 0 Å². The molecular weight excluding hydrogens is 407 g/mol. The highest BCUT2D eigenvalue weighted by molar-refractivity contribution is 7.90. The van der Waals surface area contributed by atoms with E-state index < -0.39 is 26.7 Å². The molecule has 10 heteroatoms. The Morgan fingerprint density at radius 1 is 1.10 bits per heavy atom. The van der Waals surface area contributed by atoms with E-state index in [1.165, 1.54) is 24.6 Å². The molecule has 0 unspecified atom stereocenters. The van der Waals surface area contributed by atoms with Gasteiger partial charge < -0.3 is 4.74 Å². The van der Waals surface area contributed by atoms with Crippen LogP contribution < -0.4 is 4.74 Å². The fourth-order valence-electron chi connectivity index (χ4n) is 3.11. The third-order valence-corrected chi connectivity index (χ3v) is 5.45. The van der Waals surface area contributed by atoms with E-state index in [0.717, 1.165) is 44.3 Å². The van der Waals surface area contributed by atoms with Crippen LogP contribution in [0.25, 0.3) is 11.3 Å². The monoisotopic (exact) mass is 429 g/mol. The van der Waals surface area contributed by atoms with Crippen molar-refractivity contribution in [3.05, 3.63) is 35.9 Å². The van der Waals surface area contributed by atoms with Crippen LogP contribution in [0.2, 0.25) is 0 Å². The first-order valence-corrected chi connectivity index (χ1v) is 11.1. The molecule has 158 valence electrons. The van der Waals surface area contributed by atoms with E-state index in [0.29, 0.717) is 13.2 Å². The summed E-state index contributed by atoms with van der Waals surface area (Å²) in [6.07, 6.45) is -0.107. The second-order valence-electron chi connectivity index (χ2n) is 6.98. The molecule has 0 aliphatic carbocycles. The largest absolute Gasteiger partial charge is 0.476 e. The number of hydrogen-bond donors (Lipinski definition) is 0. The number of ether oxygens (including phenoxy) is 1. The van der Waals surface area contributed by atoms with Gasteiger partial charge >= 0.3 is 6.18 Å². The van der Waals surface area contributed by atoms with Gasteiger partial charge in [-0.05, 0) is 38.1 Å².